The van der Waals surface area contributed by atoms with E-state index in [4.69, 9.17) is 11.6 Å². The minimum atomic E-state index is 0.352. The first-order chi connectivity index (χ1) is 8.79. The molecule has 5 nitrogen and oxygen atoms in total. The third-order valence-corrected chi connectivity index (χ3v) is 3.19. The van der Waals surface area contributed by atoms with Gasteiger partial charge in [0.25, 0.3) is 0 Å². The lowest BCUT2D eigenvalue weighted by Crippen LogP contribution is -2.06. The van der Waals surface area contributed by atoms with Crippen molar-refractivity contribution in [3.05, 3.63) is 42.1 Å². The monoisotopic (exact) mass is 261 g/mol. The van der Waals surface area contributed by atoms with Crippen LogP contribution < -0.4 is 0 Å². The Labute approximate surface area is 109 Å². The number of aryl methyl sites for hydroxylation is 1. The van der Waals surface area contributed by atoms with Crippen LogP contribution in [0.1, 0.15) is 11.5 Å². The quantitative estimate of drug-likeness (QED) is 0.677. The Morgan fingerprint density at radius 1 is 1.28 bits per heavy atom. The Morgan fingerprint density at radius 3 is 2.94 bits per heavy atom. The molecule has 2 heterocycles. The summed E-state index contributed by atoms with van der Waals surface area (Å²) in [6, 6.07) is 8.13. The van der Waals surface area contributed by atoms with Gasteiger partial charge in [-0.3, -0.25) is 4.68 Å². The number of fused-ring (bicyclic) bond motifs is 1. The fraction of sp³-hybridized carbons (Fsp3) is 0.250. The molecular weight excluding hydrogens is 250 g/mol. The van der Waals surface area contributed by atoms with Crippen molar-refractivity contribution in [2.24, 2.45) is 7.05 Å². The molecule has 2 aromatic heterocycles. The molecule has 0 atom stereocenters. The Morgan fingerprint density at radius 2 is 2.11 bits per heavy atom. The maximum absolute atomic E-state index is 5.81. The molecule has 0 aliphatic heterocycles. The molecule has 3 rings (SSSR count). The second-order valence-corrected chi connectivity index (χ2v) is 4.32. The number of nitrogens with zero attached hydrogens (tertiary/aromatic N) is 5. The van der Waals surface area contributed by atoms with Gasteiger partial charge in [0.2, 0.25) is 0 Å². The van der Waals surface area contributed by atoms with Gasteiger partial charge >= 0.3 is 0 Å². The van der Waals surface area contributed by atoms with Crippen LogP contribution in [0.15, 0.2) is 30.6 Å². The Kier molecular flexibility index (Phi) is 2.76. The Balaban J connectivity index is 2.05. The van der Waals surface area contributed by atoms with Gasteiger partial charge in [0.05, 0.1) is 23.6 Å². The first-order valence-corrected chi connectivity index (χ1v) is 6.16. The summed E-state index contributed by atoms with van der Waals surface area (Å²) in [5.74, 6) is 1.11. The van der Waals surface area contributed by atoms with Crippen molar-refractivity contribution in [3.8, 4) is 0 Å². The average molecular weight is 262 g/mol. The maximum atomic E-state index is 5.81. The van der Waals surface area contributed by atoms with E-state index >= 15 is 0 Å². The van der Waals surface area contributed by atoms with Gasteiger partial charge in [0.1, 0.15) is 12.2 Å². The zero-order valence-corrected chi connectivity index (χ0v) is 10.7. The summed E-state index contributed by atoms with van der Waals surface area (Å²) in [6.07, 6.45) is 1.52. The molecular formula is C12H12ClN5. The minimum Gasteiger partial charge on any atom is -0.268 e. The third kappa shape index (κ3) is 1.76. The summed E-state index contributed by atoms with van der Waals surface area (Å²) >= 11 is 5.81. The van der Waals surface area contributed by atoms with Crippen molar-refractivity contribution in [2.75, 3.05) is 0 Å². The zero-order valence-electron chi connectivity index (χ0n) is 9.91. The standard InChI is InChI=1S/C12H12ClN5/c1-17-11-5-3-2-4-9(11)10(16-17)7-18-12(6-13)14-8-15-18/h2-5,8H,6-7H2,1H3. The molecule has 6 heteroatoms. The lowest BCUT2D eigenvalue weighted by molar-refractivity contribution is 0.632. The van der Waals surface area contributed by atoms with Crippen molar-refractivity contribution in [3.63, 3.8) is 0 Å². The molecule has 0 spiro atoms. The zero-order chi connectivity index (χ0) is 12.5. The van der Waals surface area contributed by atoms with Crippen LogP contribution in [-0.2, 0) is 19.5 Å². The number of alkyl halides is 1. The van der Waals surface area contributed by atoms with Crippen LogP contribution in [-0.4, -0.2) is 24.5 Å². The van der Waals surface area contributed by atoms with Crippen LogP contribution in [0.5, 0.6) is 0 Å². The maximum Gasteiger partial charge on any atom is 0.142 e. The molecule has 18 heavy (non-hydrogen) atoms. The normalized spacial score (nSPS) is 11.2. The topological polar surface area (TPSA) is 48.5 Å². The number of halogens is 1. The second-order valence-electron chi connectivity index (χ2n) is 4.05. The molecule has 1 aromatic carbocycles. The van der Waals surface area contributed by atoms with Crippen LogP contribution in [0.2, 0.25) is 0 Å². The highest BCUT2D eigenvalue weighted by molar-refractivity contribution is 6.16. The van der Waals surface area contributed by atoms with Crippen LogP contribution >= 0.6 is 11.6 Å². The van der Waals surface area contributed by atoms with E-state index in [0.717, 1.165) is 22.4 Å². The second kappa shape index (κ2) is 4.42. The van der Waals surface area contributed by atoms with Crippen LogP contribution in [0.4, 0.5) is 0 Å². The average Bonchev–Trinajstić information content (AvgIpc) is 2.96. The highest BCUT2D eigenvalue weighted by Crippen LogP contribution is 2.18. The predicted molar refractivity (Wildman–Crippen MR) is 69.4 cm³/mol. The van der Waals surface area contributed by atoms with Gasteiger partial charge in [-0.05, 0) is 6.07 Å². The number of benzene rings is 1. The van der Waals surface area contributed by atoms with Gasteiger partial charge in [-0.1, -0.05) is 18.2 Å². The third-order valence-electron chi connectivity index (χ3n) is 2.95. The van der Waals surface area contributed by atoms with Crippen molar-refractivity contribution < 1.29 is 0 Å². The molecule has 0 bridgehead atoms. The van der Waals surface area contributed by atoms with E-state index in [1.165, 1.54) is 6.33 Å². The van der Waals surface area contributed by atoms with Crippen molar-refractivity contribution >= 4 is 22.5 Å². The molecule has 0 aliphatic rings. The van der Waals surface area contributed by atoms with E-state index in [-0.39, 0.29) is 0 Å². The van der Waals surface area contributed by atoms with Crippen molar-refractivity contribution in [1.29, 1.82) is 0 Å². The number of aromatic nitrogens is 5. The molecule has 0 amide bonds. The summed E-state index contributed by atoms with van der Waals surface area (Å²) in [4.78, 5) is 4.10. The van der Waals surface area contributed by atoms with Crippen LogP contribution in [0.25, 0.3) is 10.9 Å². The molecule has 0 unspecified atom stereocenters. The van der Waals surface area contributed by atoms with E-state index in [0.29, 0.717) is 12.4 Å². The lowest BCUT2D eigenvalue weighted by Gasteiger charge is -2.01. The minimum absolute atomic E-state index is 0.352. The van der Waals surface area contributed by atoms with Gasteiger partial charge in [0, 0.05) is 12.4 Å². The Bertz CT molecular complexity index is 685. The van der Waals surface area contributed by atoms with Gasteiger partial charge in [0.15, 0.2) is 0 Å². The summed E-state index contributed by atoms with van der Waals surface area (Å²) in [5, 5.41) is 9.83. The largest absolute Gasteiger partial charge is 0.268 e. The molecule has 0 fully saturated rings. The summed E-state index contributed by atoms with van der Waals surface area (Å²) in [6.45, 7) is 0.587. The summed E-state index contributed by atoms with van der Waals surface area (Å²) in [5.41, 5.74) is 2.09. The van der Waals surface area contributed by atoms with Crippen molar-refractivity contribution in [2.45, 2.75) is 12.4 Å². The fourth-order valence-corrected chi connectivity index (χ4v) is 2.28. The van der Waals surface area contributed by atoms with E-state index < -0.39 is 0 Å². The van der Waals surface area contributed by atoms with E-state index in [1.54, 1.807) is 4.68 Å². The first kappa shape index (κ1) is 11.2. The van der Waals surface area contributed by atoms with Gasteiger partial charge in [-0.25, -0.2) is 9.67 Å². The van der Waals surface area contributed by atoms with E-state index in [2.05, 4.69) is 27.3 Å². The van der Waals surface area contributed by atoms with Crippen LogP contribution in [0, 0.1) is 0 Å². The molecule has 3 aromatic rings. The van der Waals surface area contributed by atoms with Gasteiger partial charge < -0.3 is 0 Å². The molecule has 0 saturated carbocycles. The van der Waals surface area contributed by atoms with E-state index in [1.807, 2.05) is 23.9 Å². The number of rotatable bonds is 3. The molecule has 0 radical (unpaired) electrons. The first-order valence-electron chi connectivity index (χ1n) is 5.63. The Hall–Kier alpha value is -1.88. The molecule has 0 saturated heterocycles. The highest BCUT2D eigenvalue weighted by atomic mass is 35.5. The number of hydrogen-bond acceptors (Lipinski definition) is 3. The fourth-order valence-electron chi connectivity index (χ4n) is 2.07. The number of hydrogen-bond donors (Lipinski definition) is 0. The summed E-state index contributed by atoms with van der Waals surface area (Å²) in [7, 11) is 1.94. The van der Waals surface area contributed by atoms with Crippen LogP contribution in [0.3, 0.4) is 0 Å². The van der Waals surface area contributed by atoms with Gasteiger partial charge in [-0.2, -0.15) is 10.2 Å². The smallest absolute Gasteiger partial charge is 0.142 e. The molecule has 92 valence electrons. The predicted octanol–water partition coefficient (Wildman–Crippen LogP) is 1.95. The lowest BCUT2D eigenvalue weighted by atomic mass is 10.2. The highest BCUT2D eigenvalue weighted by Gasteiger charge is 2.10. The summed E-state index contributed by atoms with van der Waals surface area (Å²) < 4.78 is 3.66. The van der Waals surface area contributed by atoms with Gasteiger partial charge in [-0.15, -0.1) is 11.6 Å². The van der Waals surface area contributed by atoms with Crippen molar-refractivity contribution in [1.82, 2.24) is 24.5 Å². The SMILES string of the molecule is Cn1nc(Cn2ncnc2CCl)c2ccccc21. The molecule has 0 aliphatic carbocycles. The van der Waals surface area contributed by atoms with E-state index in [9.17, 15) is 0 Å². The molecule has 0 N–H and O–H groups in total. The number of para-hydroxylation sites is 1.